The molecule has 5 nitrogen and oxygen atoms in total. The Morgan fingerprint density at radius 2 is 1.03 bits per heavy atom. The number of hydrogen-bond acceptors (Lipinski definition) is 5. The van der Waals surface area contributed by atoms with Gasteiger partial charge in [0.1, 0.15) is 5.75 Å². The second kappa shape index (κ2) is 15.2. The molecule has 0 amide bonds. The summed E-state index contributed by atoms with van der Waals surface area (Å²) in [6, 6.07) is 4.18. The number of phosphoric ester groups is 1. The molecule has 0 unspecified atom stereocenters. The molecule has 1 rings (SSSR count). The number of benzene rings is 1. The molecule has 0 aliphatic rings. The molecule has 0 radical (unpaired) electrons. The van der Waals surface area contributed by atoms with E-state index in [0.29, 0.717) is 25.6 Å². The van der Waals surface area contributed by atoms with Crippen LogP contribution in [-0.4, -0.2) is 24.9 Å². The second-order valence-corrected chi connectivity index (χ2v) is 12.4. The van der Waals surface area contributed by atoms with Gasteiger partial charge >= 0.3 is 7.82 Å². The molecule has 0 saturated carbocycles. The number of unbranched alkanes of at least 4 members (excludes halogenated alkanes) is 3. The van der Waals surface area contributed by atoms with Crippen molar-refractivity contribution in [3.05, 3.63) is 28.8 Å². The number of rotatable bonds is 12. The highest BCUT2D eigenvalue weighted by Gasteiger charge is 2.26. The average molecular weight is 487 g/mol. The highest BCUT2D eigenvalue weighted by atomic mass is 31.2. The zero-order chi connectivity index (χ0) is 25.7. The second-order valence-electron chi connectivity index (χ2n) is 10.7. The summed E-state index contributed by atoms with van der Waals surface area (Å²) < 4.78 is 28.0. The summed E-state index contributed by atoms with van der Waals surface area (Å²) in [6.07, 6.45) is 5.63. The quantitative estimate of drug-likeness (QED) is 0.236. The molecular weight excluding hydrogens is 435 g/mol. The van der Waals surface area contributed by atoms with Gasteiger partial charge in [0.2, 0.25) is 0 Å². The molecule has 0 bridgehead atoms. The van der Waals surface area contributed by atoms with Gasteiger partial charge in [-0.3, -0.25) is 13.6 Å². The van der Waals surface area contributed by atoms with Crippen LogP contribution in [0.25, 0.3) is 0 Å². The van der Waals surface area contributed by atoms with Gasteiger partial charge in [0.15, 0.2) is 0 Å². The number of phenols is 1. The molecule has 0 atom stereocenters. The summed E-state index contributed by atoms with van der Waals surface area (Å²) in [5.41, 5.74) is 3.26. The summed E-state index contributed by atoms with van der Waals surface area (Å²) in [6.45, 7) is 22.4. The minimum atomic E-state index is -3.31. The fourth-order valence-electron chi connectivity index (χ4n) is 3.00. The van der Waals surface area contributed by atoms with Crippen LogP contribution < -0.4 is 0 Å². The van der Waals surface area contributed by atoms with Crippen LogP contribution in [0.1, 0.15) is 118 Å². The molecule has 1 aromatic rings. The van der Waals surface area contributed by atoms with E-state index in [1.807, 2.05) is 0 Å². The Bertz CT molecular complexity index is 648. The smallest absolute Gasteiger partial charge is 0.474 e. The van der Waals surface area contributed by atoms with Crippen molar-refractivity contribution in [2.75, 3.05) is 19.8 Å². The van der Waals surface area contributed by atoms with Gasteiger partial charge in [-0.25, -0.2) is 4.57 Å². The molecule has 0 aliphatic heterocycles. The van der Waals surface area contributed by atoms with Gasteiger partial charge in [0.25, 0.3) is 0 Å². The molecule has 0 saturated heterocycles. The standard InChI is InChI=1S/C15H24O.C12H27O4P/c1-10-8-11(14(2,3)4)13(16)12(9-10)15(5,6)7;1-4-7-10-14-17(13,15-11-8-5-2)16-12-9-6-3/h8-9,16H,1-7H3;4-12H2,1-3H3. The first kappa shape index (κ1) is 32.1. The van der Waals surface area contributed by atoms with Crippen LogP contribution >= 0.6 is 7.82 Å². The van der Waals surface area contributed by atoms with E-state index in [1.165, 1.54) is 5.56 Å². The highest BCUT2D eigenvalue weighted by molar-refractivity contribution is 7.48. The molecule has 1 N–H and O–H groups in total. The zero-order valence-corrected chi connectivity index (χ0v) is 23.9. The van der Waals surface area contributed by atoms with Crippen LogP contribution in [0.5, 0.6) is 5.75 Å². The molecule has 0 fully saturated rings. The lowest BCUT2D eigenvalue weighted by Crippen LogP contribution is -2.17. The summed E-state index contributed by atoms with van der Waals surface area (Å²) in [5, 5.41) is 10.4. The van der Waals surface area contributed by atoms with Gasteiger partial charge in [-0.05, 0) is 48.1 Å². The molecule has 0 aromatic heterocycles. The van der Waals surface area contributed by atoms with E-state index >= 15 is 0 Å². The van der Waals surface area contributed by atoms with Crippen molar-refractivity contribution < 1.29 is 23.2 Å². The zero-order valence-electron chi connectivity index (χ0n) is 23.0. The molecule has 0 heterocycles. The van der Waals surface area contributed by atoms with E-state index in [2.05, 4.69) is 81.4 Å². The Labute approximate surface area is 204 Å². The summed E-state index contributed by atoms with van der Waals surface area (Å²) in [4.78, 5) is 0. The van der Waals surface area contributed by atoms with Crippen LogP contribution in [0.4, 0.5) is 0 Å². The monoisotopic (exact) mass is 486 g/mol. The minimum Gasteiger partial charge on any atom is -0.507 e. The van der Waals surface area contributed by atoms with E-state index in [1.54, 1.807) is 0 Å². The summed E-state index contributed by atoms with van der Waals surface area (Å²) in [5.74, 6) is 0.464. The summed E-state index contributed by atoms with van der Waals surface area (Å²) in [7, 11) is -3.31. The predicted molar refractivity (Wildman–Crippen MR) is 140 cm³/mol. The molecule has 33 heavy (non-hydrogen) atoms. The summed E-state index contributed by atoms with van der Waals surface area (Å²) >= 11 is 0. The Kier molecular flexibility index (Phi) is 14.8. The van der Waals surface area contributed by atoms with E-state index in [-0.39, 0.29) is 10.8 Å². The third-order valence-electron chi connectivity index (χ3n) is 5.11. The number of hydrogen-bond donors (Lipinski definition) is 1. The van der Waals surface area contributed by atoms with Crippen LogP contribution in [0.15, 0.2) is 12.1 Å². The normalized spacial score (nSPS) is 12.4. The van der Waals surface area contributed by atoms with Gasteiger partial charge in [-0.15, -0.1) is 0 Å². The first-order chi connectivity index (χ1) is 15.2. The minimum absolute atomic E-state index is 0.0178. The van der Waals surface area contributed by atoms with Crippen LogP contribution in [0.2, 0.25) is 0 Å². The number of aromatic hydroxyl groups is 1. The third kappa shape index (κ3) is 13.0. The van der Waals surface area contributed by atoms with Crippen molar-refractivity contribution in [2.45, 2.75) is 119 Å². The van der Waals surface area contributed by atoms with Crippen LogP contribution in [-0.2, 0) is 29.0 Å². The lowest BCUT2D eigenvalue weighted by molar-refractivity contribution is 0.110. The van der Waals surface area contributed by atoms with Crippen molar-refractivity contribution in [1.29, 1.82) is 0 Å². The maximum atomic E-state index is 12.2. The number of phenolic OH excluding ortho intramolecular Hbond substituents is 1. The van der Waals surface area contributed by atoms with E-state index in [0.717, 1.165) is 49.7 Å². The maximum absolute atomic E-state index is 12.2. The van der Waals surface area contributed by atoms with Gasteiger partial charge in [-0.2, -0.15) is 0 Å². The van der Waals surface area contributed by atoms with Crippen molar-refractivity contribution in [1.82, 2.24) is 0 Å². The van der Waals surface area contributed by atoms with E-state index in [4.69, 9.17) is 13.6 Å². The number of aryl methyl sites for hydroxylation is 1. The van der Waals surface area contributed by atoms with Gasteiger partial charge in [0, 0.05) is 0 Å². The first-order valence-corrected chi connectivity index (χ1v) is 14.1. The SMILES string of the molecule is CCCCOP(=O)(OCCCC)OCCCC.Cc1cc(C(C)(C)C)c(O)c(C(C)(C)C)c1. The molecule has 0 aliphatic carbocycles. The topological polar surface area (TPSA) is 65.0 Å². The van der Waals surface area contributed by atoms with Crippen molar-refractivity contribution in [2.24, 2.45) is 0 Å². The van der Waals surface area contributed by atoms with Crippen LogP contribution in [0, 0.1) is 6.92 Å². The van der Waals surface area contributed by atoms with Crippen molar-refractivity contribution >= 4 is 7.82 Å². The van der Waals surface area contributed by atoms with E-state index in [9.17, 15) is 9.67 Å². The Morgan fingerprint density at radius 3 is 1.27 bits per heavy atom. The lowest BCUT2D eigenvalue weighted by Gasteiger charge is -2.27. The van der Waals surface area contributed by atoms with E-state index < -0.39 is 7.82 Å². The first-order valence-electron chi connectivity index (χ1n) is 12.6. The fraction of sp³-hybridized carbons (Fsp3) is 0.778. The molecule has 6 heteroatoms. The molecule has 1 aromatic carbocycles. The maximum Gasteiger partial charge on any atom is 0.474 e. The Morgan fingerprint density at radius 1 is 0.727 bits per heavy atom. The predicted octanol–water partition coefficient (Wildman–Crippen LogP) is 8.84. The van der Waals surface area contributed by atoms with Crippen LogP contribution in [0.3, 0.4) is 0 Å². The fourth-order valence-corrected chi connectivity index (χ4v) is 4.28. The van der Waals surface area contributed by atoms with Gasteiger partial charge in [0.05, 0.1) is 19.8 Å². The molecule has 194 valence electrons. The molecule has 0 spiro atoms. The van der Waals surface area contributed by atoms with Crippen molar-refractivity contribution in [3.63, 3.8) is 0 Å². The average Bonchev–Trinajstić information content (AvgIpc) is 2.69. The third-order valence-corrected chi connectivity index (χ3v) is 6.61. The molecular formula is C27H51O5P. The largest absolute Gasteiger partial charge is 0.507 e. The Hall–Kier alpha value is -0.870. The highest BCUT2D eigenvalue weighted by Crippen LogP contribution is 2.49. The lowest BCUT2D eigenvalue weighted by atomic mass is 9.78. The Balaban J connectivity index is 0.000000621. The van der Waals surface area contributed by atoms with Crippen molar-refractivity contribution in [3.8, 4) is 5.75 Å². The number of phosphoric acid groups is 1. The van der Waals surface area contributed by atoms with Gasteiger partial charge in [-0.1, -0.05) is 99.3 Å². The van der Waals surface area contributed by atoms with Gasteiger partial charge < -0.3 is 5.11 Å².